The zero-order valence-corrected chi connectivity index (χ0v) is 17.8. The minimum absolute atomic E-state index is 0.0581. The van der Waals surface area contributed by atoms with Gasteiger partial charge in [0.1, 0.15) is 19.6 Å². The summed E-state index contributed by atoms with van der Waals surface area (Å²) in [5.41, 5.74) is 2.88. The maximum atomic E-state index is 12.5. The number of carbonyl (C=O) groups excluding carboxylic acids is 1. The zero-order chi connectivity index (χ0) is 20.8. The van der Waals surface area contributed by atoms with Gasteiger partial charge in [-0.15, -0.1) is 10.2 Å². The van der Waals surface area contributed by atoms with E-state index in [-0.39, 0.29) is 11.7 Å². The molecule has 156 valence electrons. The van der Waals surface area contributed by atoms with Gasteiger partial charge < -0.3 is 15.0 Å². The molecular weight excluding hydrogens is 398 g/mol. The maximum Gasteiger partial charge on any atom is 0.234 e. The molecule has 0 radical (unpaired) electrons. The van der Waals surface area contributed by atoms with Crippen molar-refractivity contribution in [1.29, 1.82) is 0 Å². The number of ether oxygens (including phenoxy) is 1. The molecule has 0 saturated carbocycles. The molecule has 7 nitrogen and oxygen atoms in total. The third-order valence-corrected chi connectivity index (χ3v) is 6.00. The number of nitrogens with zero attached hydrogens (tertiary/aromatic N) is 3. The van der Waals surface area contributed by atoms with Crippen LogP contribution in [0.4, 0.5) is 5.69 Å². The normalized spacial score (nSPS) is 14.6. The quantitative estimate of drug-likeness (QED) is 0.565. The topological polar surface area (TPSA) is 73.5 Å². The molecule has 0 spiro atoms. The summed E-state index contributed by atoms with van der Waals surface area (Å²) in [6.07, 6.45) is 0. The first-order valence-electron chi connectivity index (χ1n) is 10.1. The predicted molar refractivity (Wildman–Crippen MR) is 117 cm³/mol. The Morgan fingerprint density at radius 3 is 2.60 bits per heavy atom. The Morgan fingerprint density at radius 2 is 1.83 bits per heavy atom. The van der Waals surface area contributed by atoms with Crippen LogP contribution in [0.5, 0.6) is 0 Å². The summed E-state index contributed by atoms with van der Waals surface area (Å²) < 4.78 is 7.53. The number of morpholine rings is 1. The average Bonchev–Trinajstić information content (AvgIpc) is 3.17. The van der Waals surface area contributed by atoms with E-state index in [1.165, 1.54) is 16.7 Å². The lowest BCUT2D eigenvalue weighted by molar-refractivity contribution is -0.922. The van der Waals surface area contributed by atoms with Crippen molar-refractivity contribution in [3.05, 3.63) is 66.0 Å². The molecule has 4 rings (SSSR count). The van der Waals surface area contributed by atoms with Crippen LogP contribution in [-0.2, 0) is 16.1 Å². The van der Waals surface area contributed by atoms with Gasteiger partial charge in [0.15, 0.2) is 11.0 Å². The Labute approximate surface area is 180 Å². The maximum absolute atomic E-state index is 12.5. The number of benzene rings is 2. The Bertz CT molecular complexity index is 986. The first kappa shape index (κ1) is 20.6. The van der Waals surface area contributed by atoms with E-state index in [2.05, 4.69) is 20.1 Å². The number of thioether (sulfide) groups is 1. The fourth-order valence-corrected chi connectivity index (χ4v) is 4.21. The summed E-state index contributed by atoms with van der Waals surface area (Å²) in [5.74, 6) is 1.11. The van der Waals surface area contributed by atoms with Gasteiger partial charge in [-0.1, -0.05) is 48.2 Å². The summed E-state index contributed by atoms with van der Waals surface area (Å²) in [6, 6.07) is 17.8. The molecular formula is C22H26N5O2S+. The lowest BCUT2D eigenvalue weighted by Gasteiger charge is -2.23. The van der Waals surface area contributed by atoms with Gasteiger partial charge >= 0.3 is 0 Å². The molecule has 2 N–H and O–H groups in total. The molecule has 2 heterocycles. The van der Waals surface area contributed by atoms with Crippen molar-refractivity contribution in [3.8, 4) is 5.69 Å². The molecule has 2 aromatic carbocycles. The van der Waals surface area contributed by atoms with Gasteiger partial charge in [-0.2, -0.15) is 0 Å². The lowest BCUT2D eigenvalue weighted by Crippen LogP contribution is -3.12. The molecule has 1 aromatic heterocycles. The molecule has 1 aliphatic heterocycles. The molecule has 1 saturated heterocycles. The van der Waals surface area contributed by atoms with Gasteiger partial charge in [0.05, 0.1) is 19.0 Å². The van der Waals surface area contributed by atoms with Crippen molar-refractivity contribution >= 4 is 23.4 Å². The number of rotatable bonds is 7. The standard InChI is InChI=1S/C22H25N5O2S/c1-17-7-5-6-10-19(17)23-21(28)16-30-22-25-24-20(15-26-11-13-29-14-12-26)27(22)18-8-3-2-4-9-18/h2-10H,11-16H2,1H3,(H,23,28)/p+1. The highest BCUT2D eigenvalue weighted by atomic mass is 32.2. The van der Waals surface area contributed by atoms with E-state index in [1.54, 1.807) is 0 Å². The molecule has 1 amide bonds. The van der Waals surface area contributed by atoms with Crippen LogP contribution in [0.3, 0.4) is 0 Å². The van der Waals surface area contributed by atoms with E-state index in [1.807, 2.05) is 61.5 Å². The number of aryl methyl sites for hydroxylation is 1. The minimum atomic E-state index is -0.0581. The average molecular weight is 425 g/mol. The number of amides is 1. The molecule has 8 heteroatoms. The summed E-state index contributed by atoms with van der Waals surface area (Å²) in [4.78, 5) is 13.9. The summed E-state index contributed by atoms with van der Waals surface area (Å²) in [7, 11) is 0. The fraction of sp³-hybridized carbons (Fsp3) is 0.318. The number of carbonyl (C=O) groups is 1. The Morgan fingerprint density at radius 1 is 1.10 bits per heavy atom. The summed E-state index contributed by atoms with van der Waals surface area (Å²) in [6.45, 7) is 6.23. The smallest absolute Gasteiger partial charge is 0.234 e. The number of hydrogen-bond donors (Lipinski definition) is 2. The second-order valence-electron chi connectivity index (χ2n) is 7.26. The summed E-state index contributed by atoms with van der Waals surface area (Å²) in [5, 5.41) is 12.6. The van der Waals surface area contributed by atoms with E-state index in [0.29, 0.717) is 0 Å². The number of para-hydroxylation sites is 2. The van der Waals surface area contributed by atoms with E-state index < -0.39 is 0 Å². The number of hydrogen-bond acceptors (Lipinski definition) is 5. The Kier molecular flexibility index (Phi) is 6.78. The molecule has 0 unspecified atom stereocenters. The molecule has 30 heavy (non-hydrogen) atoms. The predicted octanol–water partition coefficient (Wildman–Crippen LogP) is 1.72. The van der Waals surface area contributed by atoms with Crippen LogP contribution in [0.2, 0.25) is 0 Å². The Balaban J connectivity index is 1.49. The molecule has 1 fully saturated rings. The van der Waals surface area contributed by atoms with Gasteiger partial charge in [0, 0.05) is 11.4 Å². The van der Waals surface area contributed by atoms with Crippen LogP contribution in [0.25, 0.3) is 5.69 Å². The minimum Gasteiger partial charge on any atom is -0.370 e. The number of quaternary nitrogens is 1. The third kappa shape index (κ3) is 5.08. The highest BCUT2D eigenvalue weighted by Crippen LogP contribution is 2.22. The lowest BCUT2D eigenvalue weighted by atomic mass is 10.2. The Hall–Kier alpha value is -2.68. The van der Waals surface area contributed by atoms with E-state index >= 15 is 0 Å². The first-order chi connectivity index (χ1) is 14.7. The van der Waals surface area contributed by atoms with Crippen molar-refractivity contribution in [2.24, 2.45) is 0 Å². The van der Waals surface area contributed by atoms with Crippen molar-refractivity contribution in [2.75, 3.05) is 37.4 Å². The molecule has 0 atom stereocenters. The van der Waals surface area contributed by atoms with Crippen LogP contribution in [0, 0.1) is 6.92 Å². The fourth-order valence-electron chi connectivity index (χ4n) is 3.43. The van der Waals surface area contributed by atoms with Crippen molar-refractivity contribution in [2.45, 2.75) is 18.6 Å². The first-order valence-corrected chi connectivity index (χ1v) is 11.1. The highest BCUT2D eigenvalue weighted by molar-refractivity contribution is 7.99. The number of aromatic nitrogens is 3. The molecule has 0 aliphatic carbocycles. The van der Waals surface area contributed by atoms with E-state index in [4.69, 9.17) is 4.74 Å². The van der Waals surface area contributed by atoms with Crippen LogP contribution in [0.15, 0.2) is 59.8 Å². The third-order valence-electron chi connectivity index (χ3n) is 5.07. The monoisotopic (exact) mass is 424 g/mol. The summed E-state index contributed by atoms with van der Waals surface area (Å²) >= 11 is 1.40. The SMILES string of the molecule is Cc1ccccc1NC(=O)CSc1nnc(C[NH+]2CCOCC2)n1-c1ccccc1. The number of nitrogens with one attached hydrogen (secondary N) is 2. The van der Waals surface area contributed by atoms with Gasteiger partial charge in [0.25, 0.3) is 0 Å². The highest BCUT2D eigenvalue weighted by Gasteiger charge is 2.21. The second-order valence-corrected chi connectivity index (χ2v) is 8.20. The second kappa shape index (κ2) is 9.88. The van der Waals surface area contributed by atoms with Crippen molar-refractivity contribution < 1.29 is 14.4 Å². The van der Waals surface area contributed by atoms with Crippen molar-refractivity contribution in [1.82, 2.24) is 14.8 Å². The molecule has 0 bridgehead atoms. The molecule has 1 aliphatic rings. The van der Waals surface area contributed by atoms with Gasteiger partial charge in [-0.25, -0.2) is 0 Å². The molecule has 3 aromatic rings. The zero-order valence-electron chi connectivity index (χ0n) is 17.0. The number of anilines is 1. The van der Waals surface area contributed by atoms with Crippen LogP contribution >= 0.6 is 11.8 Å². The van der Waals surface area contributed by atoms with Crippen molar-refractivity contribution in [3.63, 3.8) is 0 Å². The van der Waals surface area contributed by atoms with Gasteiger partial charge in [-0.3, -0.25) is 9.36 Å². The van der Waals surface area contributed by atoms with E-state index in [9.17, 15) is 4.79 Å². The van der Waals surface area contributed by atoms with Gasteiger partial charge in [-0.05, 0) is 30.7 Å². The van der Waals surface area contributed by atoms with Gasteiger partial charge in [0.2, 0.25) is 5.91 Å². The van der Waals surface area contributed by atoms with Crippen LogP contribution in [-0.4, -0.2) is 52.7 Å². The largest absolute Gasteiger partial charge is 0.370 e. The van der Waals surface area contributed by atoms with Crippen LogP contribution < -0.4 is 10.2 Å². The van der Waals surface area contributed by atoms with Crippen LogP contribution in [0.1, 0.15) is 11.4 Å². The van der Waals surface area contributed by atoms with E-state index in [0.717, 1.165) is 60.8 Å².